The molecule has 2 aliphatic heterocycles. The number of carbonyl (C=O) groups is 1. The van der Waals surface area contributed by atoms with E-state index in [9.17, 15) is 4.79 Å². The number of fused-ring (bicyclic) bond motifs is 8. The minimum Gasteiger partial charge on any atom is -0.657 e. The van der Waals surface area contributed by atoms with Gasteiger partial charge >= 0.3 is 19.5 Å². The van der Waals surface area contributed by atoms with Crippen molar-refractivity contribution in [3.63, 3.8) is 0 Å². The number of ether oxygens (including phenoxy) is 1. The van der Waals surface area contributed by atoms with E-state index in [1.165, 1.54) is 5.57 Å². The van der Waals surface area contributed by atoms with Crippen molar-refractivity contribution < 1.29 is 34.1 Å². The maximum Gasteiger partial charge on any atom is 2.00 e. The average molecular weight is 671 g/mol. The van der Waals surface area contributed by atoms with Crippen LogP contribution in [0.25, 0.3) is 50.4 Å². The Bertz CT molecular complexity index is 1900. The fourth-order valence-corrected chi connectivity index (χ4v) is 6.10. The minimum atomic E-state index is -0.0326. The summed E-state index contributed by atoms with van der Waals surface area (Å²) in [5.74, 6) is 0.0302. The molecule has 8 nitrogen and oxygen atoms in total. The van der Waals surface area contributed by atoms with Crippen molar-refractivity contribution in [3.8, 4) is 0 Å². The van der Waals surface area contributed by atoms with E-state index in [0.29, 0.717) is 26.0 Å². The van der Waals surface area contributed by atoms with E-state index in [0.717, 1.165) is 90.2 Å². The molecule has 5 heterocycles. The van der Waals surface area contributed by atoms with E-state index >= 15 is 0 Å². The van der Waals surface area contributed by atoms with Gasteiger partial charge in [0.1, 0.15) is 0 Å². The predicted octanol–water partition coefficient (Wildman–Crippen LogP) is 6.66. The van der Waals surface area contributed by atoms with Gasteiger partial charge < -0.3 is 24.7 Å². The van der Waals surface area contributed by atoms with Gasteiger partial charge in [0.15, 0.2) is 0 Å². The van der Waals surface area contributed by atoms with Gasteiger partial charge in [-0.1, -0.05) is 55.0 Å². The van der Waals surface area contributed by atoms with Crippen molar-refractivity contribution in [3.05, 3.63) is 75.9 Å². The van der Waals surface area contributed by atoms with Crippen LogP contribution >= 0.6 is 0 Å². The zero-order valence-corrected chi connectivity index (χ0v) is 31.2. The number of carbonyl (C=O) groups excluding carboxylic acids is 1. The van der Waals surface area contributed by atoms with Crippen LogP contribution in [0.4, 0.5) is 0 Å². The number of aliphatic hydroxyl groups excluding tert-OH is 1. The Morgan fingerprint density at radius 1 is 0.891 bits per heavy atom. The zero-order valence-electron chi connectivity index (χ0n) is 28.3. The third kappa shape index (κ3) is 6.87. The van der Waals surface area contributed by atoms with E-state index in [-0.39, 0.29) is 38.6 Å². The summed E-state index contributed by atoms with van der Waals surface area (Å²) in [6, 6.07) is 8.31. The summed E-state index contributed by atoms with van der Waals surface area (Å²) < 4.78 is 5.35. The Hall–Kier alpha value is -3.65. The normalized spacial score (nSPS) is 12.9. The molecule has 3 aromatic heterocycles. The molecule has 0 saturated heterocycles. The predicted molar refractivity (Wildman–Crippen MR) is 183 cm³/mol. The molecule has 0 unspecified atom stereocenters. The molecule has 0 aromatic carbocycles. The molecular weight excluding hydrogens is 628 g/mol. The van der Waals surface area contributed by atoms with Gasteiger partial charge in [0.25, 0.3) is 0 Å². The Labute approximate surface area is 284 Å². The standard InChI is InChI=1S/C37H43N5O3.Zn/c1-9-26-23(5)32-20-35-27(10-2)22(4)31(39-35)19-33-24(6)28(11-12-36(44)42(8)13-15-45-16-14-43)37(41-33)25(7)30-17-21(3)29(38-30)18-34(26)40-32;/h10,17-20,43H,2,9,11-16H2,1,3-8H3;/q-2;+2. The molecular formula is C37H43N5O3Zn. The summed E-state index contributed by atoms with van der Waals surface area (Å²) in [7, 11) is 1.78. The summed E-state index contributed by atoms with van der Waals surface area (Å²) >= 11 is 0. The Morgan fingerprint density at radius 2 is 1.52 bits per heavy atom. The molecule has 46 heavy (non-hydrogen) atoms. The van der Waals surface area contributed by atoms with Crippen LogP contribution in [-0.4, -0.2) is 59.3 Å². The van der Waals surface area contributed by atoms with Gasteiger partial charge in [0.05, 0.1) is 42.6 Å². The second-order valence-corrected chi connectivity index (χ2v) is 11.8. The Morgan fingerprint density at radius 3 is 2.22 bits per heavy atom. The van der Waals surface area contributed by atoms with Crippen molar-refractivity contribution in [2.75, 3.05) is 33.4 Å². The monoisotopic (exact) mass is 669 g/mol. The van der Waals surface area contributed by atoms with Crippen molar-refractivity contribution in [1.82, 2.24) is 24.8 Å². The van der Waals surface area contributed by atoms with Gasteiger partial charge in [-0.2, -0.15) is 0 Å². The Kier molecular flexibility index (Phi) is 11.4. The van der Waals surface area contributed by atoms with Crippen LogP contribution in [-0.2, 0) is 29.0 Å². The number of aliphatic hydroxyl groups is 1. The molecule has 3 aromatic rings. The van der Waals surface area contributed by atoms with E-state index in [2.05, 4.69) is 66.3 Å². The van der Waals surface area contributed by atoms with E-state index < -0.39 is 0 Å². The summed E-state index contributed by atoms with van der Waals surface area (Å²) in [5, 5.41) is 8.94. The molecule has 0 saturated carbocycles. The molecule has 236 valence electrons. The number of hydrogen-bond donors (Lipinski definition) is 1. The first kappa shape index (κ1) is 35.2. The zero-order chi connectivity index (χ0) is 32.4. The molecule has 8 bridgehead atoms. The fraction of sp³-hybridized carbons (Fsp3) is 0.378. The molecule has 0 radical (unpaired) electrons. The number of likely N-dealkylation sites (N-methyl/N-ethyl adjacent to an activating group) is 1. The fourth-order valence-electron chi connectivity index (χ4n) is 6.10. The van der Waals surface area contributed by atoms with Crippen LogP contribution < -0.4 is 9.97 Å². The number of amides is 1. The Balaban J connectivity index is 0.00000480. The van der Waals surface area contributed by atoms with Crippen molar-refractivity contribution >= 4 is 56.3 Å². The van der Waals surface area contributed by atoms with Crippen LogP contribution in [0.1, 0.15) is 85.1 Å². The minimum absolute atomic E-state index is 0. The number of hydrogen-bond acceptors (Lipinski definition) is 5. The molecule has 1 N–H and O–H groups in total. The number of aryl methyl sites for hydroxylation is 3. The molecule has 0 atom stereocenters. The third-order valence-corrected chi connectivity index (χ3v) is 8.98. The quantitative estimate of drug-likeness (QED) is 0.190. The van der Waals surface area contributed by atoms with Crippen LogP contribution in [0, 0.1) is 20.8 Å². The number of allylic oxidation sites excluding steroid dienone is 4. The maximum atomic E-state index is 13.1. The van der Waals surface area contributed by atoms with Crippen molar-refractivity contribution in [2.45, 2.75) is 60.8 Å². The van der Waals surface area contributed by atoms with Gasteiger partial charge in [0.2, 0.25) is 5.91 Å². The van der Waals surface area contributed by atoms with Gasteiger partial charge in [-0.3, -0.25) is 4.79 Å². The number of nitrogens with zero attached hydrogens (tertiary/aromatic N) is 5. The van der Waals surface area contributed by atoms with E-state index in [1.54, 1.807) is 11.9 Å². The van der Waals surface area contributed by atoms with Crippen LogP contribution in [0.2, 0.25) is 0 Å². The van der Waals surface area contributed by atoms with E-state index in [4.69, 9.17) is 29.8 Å². The topological polar surface area (TPSA) is 104 Å². The second-order valence-electron chi connectivity index (χ2n) is 11.8. The molecule has 0 fully saturated rings. The summed E-state index contributed by atoms with van der Waals surface area (Å²) in [5.41, 5.74) is 15.5. The maximum absolute atomic E-state index is 13.1. The number of rotatable bonds is 10. The molecule has 0 aliphatic carbocycles. The summed E-state index contributed by atoms with van der Waals surface area (Å²) in [6.07, 6.45) is 3.61. The van der Waals surface area contributed by atoms with E-state index in [1.807, 2.05) is 12.1 Å². The molecule has 9 heteroatoms. The van der Waals surface area contributed by atoms with Crippen LogP contribution in [0.5, 0.6) is 0 Å². The summed E-state index contributed by atoms with van der Waals surface area (Å²) in [4.78, 5) is 35.1. The van der Waals surface area contributed by atoms with Gasteiger partial charge in [-0.05, 0) is 80.9 Å². The van der Waals surface area contributed by atoms with Gasteiger partial charge in [-0.25, -0.2) is 9.97 Å². The molecule has 0 spiro atoms. The smallest absolute Gasteiger partial charge is 0.657 e. The molecule has 5 rings (SSSR count). The number of aromatic nitrogens is 4. The summed E-state index contributed by atoms with van der Waals surface area (Å²) in [6.45, 7) is 17.7. The van der Waals surface area contributed by atoms with Gasteiger partial charge in [0, 0.05) is 20.0 Å². The van der Waals surface area contributed by atoms with Crippen molar-refractivity contribution in [1.29, 1.82) is 0 Å². The third-order valence-electron chi connectivity index (χ3n) is 8.98. The second kappa shape index (κ2) is 14.8. The molecule has 2 aliphatic rings. The first-order valence-electron chi connectivity index (χ1n) is 15.6. The molecule has 1 amide bonds. The van der Waals surface area contributed by atoms with Crippen LogP contribution in [0.3, 0.4) is 0 Å². The average Bonchev–Trinajstić information content (AvgIpc) is 3.72. The van der Waals surface area contributed by atoms with Crippen molar-refractivity contribution in [2.24, 2.45) is 0 Å². The van der Waals surface area contributed by atoms with Gasteiger partial charge in [-0.15, -0.1) is 22.1 Å². The SMILES string of the molecule is C=Cc1c(C)c2cc3nc(c(C)c4cc(C)c(cc5nc(cc1[n-]2)C(C)=C5CC)[n-]4)C(CCC(=O)N(C)CCOCCO)=C3C.[Zn+2]. The first-order chi connectivity index (χ1) is 21.6. The van der Waals surface area contributed by atoms with Crippen LogP contribution in [0.15, 0.2) is 30.8 Å². The largest absolute Gasteiger partial charge is 2.00 e. The first-order valence-corrected chi connectivity index (χ1v) is 15.6.